The number of aromatic nitrogens is 2. The number of benzene rings is 1. The van der Waals surface area contributed by atoms with Gasteiger partial charge in [-0.3, -0.25) is 4.79 Å². The fraction of sp³-hybridized carbons (Fsp3) is 0.478. The van der Waals surface area contributed by atoms with Crippen LogP contribution in [-0.2, 0) is 11.3 Å². The first-order valence-corrected chi connectivity index (χ1v) is 10.3. The van der Waals surface area contributed by atoms with Gasteiger partial charge in [0.2, 0.25) is 5.69 Å². The van der Waals surface area contributed by atoms with Gasteiger partial charge >= 0.3 is 5.97 Å². The van der Waals surface area contributed by atoms with E-state index >= 15 is 0 Å². The highest BCUT2D eigenvalue weighted by Crippen LogP contribution is 2.25. The summed E-state index contributed by atoms with van der Waals surface area (Å²) in [6, 6.07) is 10.7. The molecule has 0 amide bonds. The number of fused-ring (bicyclic) bond motifs is 3. The summed E-state index contributed by atoms with van der Waals surface area (Å²) < 4.78 is 2.36. The molecule has 2 heterocycles. The van der Waals surface area contributed by atoms with E-state index in [2.05, 4.69) is 53.0 Å². The van der Waals surface area contributed by atoms with Crippen LogP contribution >= 0.6 is 0 Å². The highest BCUT2D eigenvalue weighted by Gasteiger charge is 2.14. The molecule has 2 N–H and O–H groups in total. The molecule has 0 spiro atoms. The van der Waals surface area contributed by atoms with Crippen LogP contribution in [0.25, 0.3) is 21.8 Å². The van der Waals surface area contributed by atoms with Crippen molar-refractivity contribution in [2.24, 2.45) is 0 Å². The average Bonchev–Trinajstić information content (AvgIpc) is 3.04. The van der Waals surface area contributed by atoms with Gasteiger partial charge in [0.15, 0.2) is 6.20 Å². The largest absolute Gasteiger partial charge is 0.481 e. The van der Waals surface area contributed by atoms with Gasteiger partial charge in [0.1, 0.15) is 12.1 Å². The summed E-state index contributed by atoms with van der Waals surface area (Å²) in [5, 5.41) is 11.2. The van der Waals surface area contributed by atoms with Crippen LogP contribution in [-0.4, -0.2) is 16.1 Å². The van der Waals surface area contributed by atoms with E-state index in [4.69, 9.17) is 5.11 Å². The van der Waals surface area contributed by atoms with Crippen molar-refractivity contribution in [2.75, 3.05) is 0 Å². The first-order valence-electron chi connectivity index (χ1n) is 10.3. The lowest BCUT2D eigenvalue weighted by Crippen LogP contribution is -2.36. The van der Waals surface area contributed by atoms with E-state index in [-0.39, 0.29) is 0 Å². The van der Waals surface area contributed by atoms with Gasteiger partial charge < -0.3 is 10.1 Å². The maximum absolute atomic E-state index is 10.5. The third kappa shape index (κ3) is 5.09. The summed E-state index contributed by atoms with van der Waals surface area (Å²) in [5.41, 5.74) is 3.76. The standard InChI is InChI=1S/C23H30N2O2/c1-18-23-20(19-12-9-10-13-21(19)24-23)15-17-25(18)16-11-7-5-3-2-4-6-8-14-22(26)27/h9-10,12-13,15,17H,2-8,11,14,16H2,1H3,(H,26,27)/p+1. The summed E-state index contributed by atoms with van der Waals surface area (Å²) in [6.07, 6.45) is 11.8. The number of para-hydroxylation sites is 1. The van der Waals surface area contributed by atoms with Crippen molar-refractivity contribution in [3.05, 3.63) is 42.2 Å². The summed E-state index contributed by atoms with van der Waals surface area (Å²) in [5.74, 6) is -0.673. The van der Waals surface area contributed by atoms with Gasteiger partial charge in [0.25, 0.3) is 0 Å². The number of hydrogen-bond donors (Lipinski definition) is 2. The molecule has 0 atom stereocenters. The van der Waals surface area contributed by atoms with Crippen LogP contribution in [0.2, 0.25) is 0 Å². The molecule has 0 saturated heterocycles. The van der Waals surface area contributed by atoms with Crippen molar-refractivity contribution < 1.29 is 14.5 Å². The minimum atomic E-state index is -0.673. The van der Waals surface area contributed by atoms with Gasteiger partial charge in [-0.05, 0) is 18.9 Å². The summed E-state index contributed by atoms with van der Waals surface area (Å²) in [6.45, 7) is 3.27. The van der Waals surface area contributed by atoms with Crippen LogP contribution in [0, 0.1) is 6.92 Å². The van der Waals surface area contributed by atoms with Crippen LogP contribution in [0.1, 0.15) is 63.5 Å². The molecule has 0 fully saturated rings. The van der Waals surface area contributed by atoms with Gasteiger partial charge in [-0.15, -0.1) is 0 Å². The minimum absolute atomic E-state index is 0.317. The van der Waals surface area contributed by atoms with Crippen LogP contribution in [0.15, 0.2) is 36.5 Å². The molecule has 1 aromatic carbocycles. The van der Waals surface area contributed by atoms with Crippen molar-refractivity contribution in [1.82, 2.24) is 4.98 Å². The lowest BCUT2D eigenvalue weighted by atomic mass is 10.1. The number of aromatic amines is 1. The van der Waals surface area contributed by atoms with Crippen molar-refractivity contribution in [1.29, 1.82) is 0 Å². The minimum Gasteiger partial charge on any atom is -0.481 e. The van der Waals surface area contributed by atoms with Crippen LogP contribution in [0.3, 0.4) is 0 Å². The van der Waals surface area contributed by atoms with Crippen molar-refractivity contribution in [3.8, 4) is 0 Å². The van der Waals surface area contributed by atoms with Crippen molar-refractivity contribution in [3.63, 3.8) is 0 Å². The van der Waals surface area contributed by atoms with Crippen molar-refractivity contribution >= 4 is 27.8 Å². The number of nitrogens with one attached hydrogen (secondary N) is 1. The maximum atomic E-state index is 10.5. The van der Waals surface area contributed by atoms with Gasteiger partial charge in [0, 0.05) is 42.1 Å². The van der Waals surface area contributed by atoms with E-state index in [1.165, 1.54) is 59.6 Å². The number of unbranched alkanes of at least 4 members (excludes halogenated alkanes) is 7. The van der Waals surface area contributed by atoms with Gasteiger partial charge in [-0.25, -0.2) is 4.57 Å². The first-order chi connectivity index (χ1) is 13.2. The lowest BCUT2D eigenvalue weighted by Gasteiger charge is -2.03. The molecule has 3 aromatic rings. The second-order valence-electron chi connectivity index (χ2n) is 7.53. The quantitative estimate of drug-likeness (QED) is 0.347. The Hall–Kier alpha value is -2.36. The van der Waals surface area contributed by atoms with E-state index < -0.39 is 5.97 Å². The van der Waals surface area contributed by atoms with Crippen LogP contribution < -0.4 is 4.57 Å². The summed E-state index contributed by atoms with van der Waals surface area (Å²) >= 11 is 0. The highest BCUT2D eigenvalue weighted by molar-refractivity contribution is 6.07. The zero-order chi connectivity index (χ0) is 19.1. The fourth-order valence-electron chi connectivity index (χ4n) is 3.90. The molecular weight excluding hydrogens is 336 g/mol. The number of rotatable bonds is 11. The van der Waals surface area contributed by atoms with E-state index in [9.17, 15) is 4.79 Å². The third-order valence-electron chi connectivity index (χ3n) is 5.50. The van der Waals surface area contributed by atoms with Gasteiger partial charge in [-0.2, -0.15) is 0 Å². The molecule has 144 valence electrons. The predicted molar refractivity (Wildman–Crippen MR) is 110 cm³/mol. The number of nitrogens with zero attached hydrogens (tertiary/aromatic N) is 1. The molecule has 0 unspecified atom stereocenters. The fourth-order valence-corrected chi connectivity index (χ4v) is 3.90. The van der Waals surface area contributed by atoms with Crippen LogP contribution in [0.5, 0.6) is 0 Å². The summed E-state index contributed by atoms with van der Waals surface area (Å²) in [4.78, 5) is 14.0. The molecule has 3 rings (SSSR count). The van der Waals surface area contributed by atoms with Gasteiger partial charge in [0.05, 0.1) is 0 Å². The van der Waals surface area contributed by atoms with Crippen molar-refractivity contribution in [2.45, 2.75) is 71.3 Å². The SMILES string of the molecule is Cc1c2[nH]c3ccccc3c2cc[n+]1CCCCCCCCCCC(=O)O. The van der Waals surface area contributed by atoms with Gasteiger partial charge in [-0.1, -0.05) is 50.3 Å². The Morgan fingerprint density at radius 2 is 1.59 bits per heavy atom. The molecule has 0 bridgehead atoms. The molecule has 2 aromatic heterocycles. The smallest absolute Gasteiger partial charge is 0.303 e. The van der Waals surface area contributed by atoms with Crippen LogP contribution in [0.4, 0.5) is 0 Å². The second kappa shape index (κ2) is 9.54. The number of carboxylic acids is 1. The van der Waals surface area contributed by atoms with E-state index in [0.717, 1.165) is 25.8 Å². The number of aryl methyl sites for hydroxylation is 2. The zero-order valence-electron chi connectivity index (χ0n) is 16.3. The number of H-pyrrole nitrogens is 1. The van der Waals surface area contributed by atoms with E-state index in [0.29, 0.717) is 6.42 Å². The normalized spacial score (nSPS) is 11.4. The molecule has 0 aliphatic carbocycles. The Morgan fingerprint density at radius 1 is 0.926 bits per heavy atom. The Labute approximate surface area is 161 Å². The second-order valence-corrected chi connectivity index (χ2v) is 7.53. The van der Waals surface area contributed by atoms with E-state index in [1.807, 2.05) is 0 Å². The Kier molecular flexibility index (Phi) is 6.86. The maximum Gasteiger partial charge on any atom is 0.303 e. The number of pyridine rings is 1. The topological polar surface area (TPSA) is 57.0 Å². The average molecular weight is 368 g/mol. The highest BCUT2D eigenvalue weighted by atomic mass is 16.4. The number of hydrogen-bond acceptors (Lipinski definition) is 1. The first kappa shape index (κ1) is 19.4. The lowest BCUT2D eigenvalue weighted by molar-refractivity contribution is -0.701. The molecule has 4 nitrogen and oxygen atoms in total. The Bertz CT molecular complexity index is 898. The Morgan fingerprint density at radius 3 is 2.33 bits per heavy atom. The Balaban J connectivity index is 1.41. The molecule has 0 aliphatic heterocycles. The molecule has 4 heteroatoms. The van der Waals surface area contributed by atoms with E-state index in [1.54, 1.807) is 0 Å². The zero-order valence-corrected chi connectivity index (χ0v) is 16.3. The predicted octanol–water partition coefficient (Wildman–Crippen LogP) is 5.51. The monoisotopic (exact) mass is 367 g/mol. The molecule has 0 radical (unpaired) electrons. The summed E-state index contributed by atoms with van der Waals surface area (Å²) in [7, 11) is 0. The molecule has 27 heavy (non-hydrogen) atoms. The number of carbonyl (C=O) groups is 1. The number of carboxylic acid groups (broad SMARTS) is 1. The third-order valence-corrected chi connectivity index (χ3v) is 5.50. The molecular formula is C23H31N2O2+. The molecule has 0 aliphatic rings. The number of aliphatic carboxylic acids is 1. The molecule has 0 saturated carbocycles.